The zero-order valence-corrected chi connectivity index (χ0v) is 30.7. The third-order valence-corrected chi connectivity index (χ3v) is 13.6. The smallest absolute Gasteiger partial charge is 0.341 e. The van der Waals surface area contributed by atoms with Gasteiger partial charge in [-0.25, -0.2) is 13.6 Å². The molecule has 11 nitrogen and oxygen atoms in total. The molecular weight excluding hydrogens is 700 g/mol. The van der Waals surface area contributed by atoms with E-state index in [9.17, 15) is 39.6 Å². The molecule has 4 aliphatic carbocycles. The molecule has 0 bridgehead atoms. The topological polar surface area (TPSA) is 169 Å². The summed E-state index contributed by atoms with van der Waals surface area (Å²) in [7, 11) is 0. The van der Waals surface area contributed by atoms with Gasteiger partial charge in [0.15, 0.2) is 23.5 Å². The number of Topliss-reactive ketones (excluding diaryl/α,β-unsaturated/α-hetero) is 1. The number of allylic oxidation sites excluding steroid dienone is 1. The zero-order chi connectivity index (χ0) is 36.9. The van der Waals surface area contributed by atoms with Gasteiger partial charge in [0.25, 0.3) is 0 Å². The number of rotatable bonds is 6. The van der Waals surface area contributed by atoms with Crippen molar-refractivity contribution in [2.75, 3.05) is 24.5 Å². The van der Waals surface area contributed by atoms with E-state index < -0.39 is 85.3 Å². The van der Waals surface area contributed by atoms with Crippen LogP contribution in [0.4, 0.5) is 14.5 Å². The molecule has 2 aromatic rings. The quantitative estimate of drug-likeness (QED) is 0.291. The third kappa shape index (κ3) is 5.32. The molecule has 3 saturated carbocycles. The van der Waals surface area contributed by atoms with Crippen LogP contribution in [0.2, 0.25) is 0 Å². The number of piperazine rings is 1. The van der Waals surface area contributed by atoms with Crippen LogP contribution in [0.3, 0.4) is 0 Å². The van der Waals surface area contributed by atoms with Gasteiger partial charge in [-0.15, -0.1) is 12.4 Å². The molecule has 0 radical (unpaired) electrons. The molecule has 1 aromatic carbocycles. The molecule has 52 heavy (non-hydrogen) atoms. The third-order valence-electron chi connectivity index (χ3n) is 13.6. The first-order valence-electron chi connectivity index (χ1n) is 18.2. The minimum absolute atomic E-state index is 0. The normalized spacial score (nSPS) is 34.9. The minimum atomic E-state index is -2.36. The molecule has 2 heterocycles. The molecule has 1 aromatic heterocycles. The fourth-order valence-electron chi connectivity index (χ4n) is 11.2. The number of carbonyl (C=O) groups excluding carboxylic acids is 2. The van der Waals surface area contributed by atoms with Crippen LogP contribution in [0.1, 0.15) is 94.8 Å². The van der Waals surface area contributed by atoms with E-state index in [1.165, 1.54) is 11.8 Å². The number of carboxylic acids is 1. The van der Waals surface area contributed by atoms with Crippen molar-refractivity contribution in [3.63, 3.8) is 0 Å². The Morgan fingerprint density at radius 2 is 1.85 bits per heavy atom. The lowest BCUT2D eigenvalue weighted by atomic mass is 9.45. The van der Waals surface area contributed by atoms with Gasteiger partial charge in [0.1, 0.15) is 22.7 Å². The molecule has 1 aliphatic heterocycles. The summed E-state index contributed by atoms with van der Waals surface area (Å²) in [4.78, 5) is 54.9. The molecule has 5 N–H and O–H groups in total. The predicted octanol–water partition coefficient (Wildman–Crippen LogP) is 4.05. The van der Waals surface area contributed by atoms with Crippen LogP contribution < -0.4 is 15.6 Å². The number of aromatic carboxylic acids is 1. The van der Waals surface area contributed by atoms with Gasteiger partial charge in [0, 0.05) is 44.1 Å². The first-order valence-corrected chi connectivity index (χ1v) is 18.2. The van der Waals surface area contributed by atoms with E-state index in [1.54, 1.807) is 13.0 Å². The maximum atomic E-state index is 16.6. The Labute approximate surface area is 306 Å². The number of aliphatic hydroxyl groups excluding tert-OH is 2. The lowest BCUT2D eigenvalue weighted by molar-refractivity contribution is -0.186. The summed E-state index contributed by atoms with van der Waals surface area (Å²) in [6.45, 7) is 7.95. The number of carbonyl (C=O) groups is 3. The highest BCUT2D eigenvalue weighted by molar-refractivity contribution is 6.00. The number of aromatic nitrogens is 1. The van der Waals surface area contributed by atoms with E-state index in [0.717, 1.165) is 16.2 Å². The van der Waals surface area contributed by atoms with E-state index >= 15 is 8.78 Å². The molecule has 7 rings (SSSR count). The van der Waals surface area contributed by atoms with Crippen molar-refractivity contribution < 1.29 is 43.6 Å². The van der Waals surface area contributed by atoms with Crippen LogP contribution in [-0.4, -0.2) is 79.9 Å². The molecule has 0 spiro atoms. The average molecular weight is 748 g/mol. The van der Waals surface area contributed by atoms with Crippen molar-refractivity contribution in [2.24, 2.45) is 28.6 Å². The number of benzene rings is 1. The van der Waals surface area contributed by atoms with Gasteiger partial charge in [-0.1, -0.05) is 19.4 Å². The molecular formula is C38H48ClF2N3O8. The number of pyridine rings is 1. The van der Waals surface area contributed by atoms with Gasteiger partial charge in [0.2, 0.25) is 5.43 Å². The van der Waals surface area contributed by atoms with Gasteiger partial charge in [-0.2, -0.15) is 0 Å². The van der Waals surface area contributed by atoms with E-state index in [1.807, 2.05) is 6.92 Å². The van der Waals surface area contributed by atoms with Gasteiger partial charge in [0.05, 0.1) is 22.7 Å². The average Bonchev–Trinajstić information content (AvgIpc) is 3.34. The Balaban J connectivity index is 0.00000464. The Morgan fingerprint density at radius 3 is 2.50 bits per heavy atom. The van der Waals surface area contributed by atoms with Crippen molar-refractivity contribution in [3.05, 3.63) is 50.8 Å². The number of halogens is 3. The minimum Gasteiger partial charge on any atom is -0.477 e. The number of aliphatic hydroxyl groups is 3. The molecule has 5 aliphatic rings. The number of anilines is 1. The SMILES string of the molecule is CCn1c(C(O)C(=O)[C@@]2(O)CC[C@H]3[C@@H]4CCC5=CC(=O)CC[C@]5(C)[C@H]4[C@@H](O)C[C@@]32C)c(C(=O)O)c(=O)c2cc(F)c(N3CCNC(C)C3)c(F)c21.Cl. The highest BCUT2D eigenvalue weighted by Crippen LogP contribution is 2.68. The van der Waals surface area contributed by atoms with Gasteiger partial charge < -0.3 is 35.2 Å². The highest BCUT2D eigenvalue weighted by Gasteiger charge is 2.69. The fourth-order valence-corrected chi connectivity index (χ4v) is 11.2. The van der Waals surface area contributed by atoms with Gasteiger partial charge >= 0.3 is 5.97 Å². The number of hydrogen-bond acceptors (Lipinski definition) is 9. The van der Waals surface area contributed by atoms with E-state index in [2.05, 4.69) is 12.2 Å². The van der Waals surface area contributed by atoms with Crippen LogP contribution in [-0.2, 0) is 16.1 Å². The van der Waals surface area contributed by atoms with Crippen LogP contribution in [0.5, 0.6) is 0 Å². The number of hydrogen-bond donors (Lipinski definition) is 5. The van der Waals surface area contributed by atoms with Crippen molar-refractivity contribution in [1.29, 1.82) is 0 Å². The number of fused-ring (bicyclic) bond motifs is 6. The van der Waals surface area contributed by atoms with Crippen LogP contribution >= 0.6 is 12.4 Å². The molecule has 0 amide bonds. The van der Waals surface area contributed by atoms with Crippen LogP contribution in [0.15, 0.2) is 22.5 Å². The van der Waals surface area contributed by atoms with E-state index in [-0.39, 0.29) is 74.5 Å². The molecule has 284 valence electrons. The second-order valence-electron chi connectivity index (χ2n) is 16.1. The van der Waals surface area contributed by atoms with Crippen molar-refractivity contribution in [1.82, 2.24) is 9.88 Å². The summed E-state index contributed by atoms with van der Waals surface area (Å²) >= 11 is 0. The number of nitrogens with zero attached hydrogens (tertiary/aromatic N) is 2. The fraction of sp³-hybridized carbons (Fsp3) is 0.632. The first kappa shape index (κ1) is 38.5. The summed E-state index contributed by atoms with van der Waals surface area (Å²) in [5.74, 6) is -5.54. The number of aryl methyl sites for hydroxylation is 1. The summed E-state index contributed by atoms with van der Waals surface area (Å²) in [6.07, 6.45) is 1.05. The summed E-state index contributed by atoms with van der Waals surface area (Å²) in [5.41, 5.74) is -6.64. The maximum absolute atomic E-state index is 16.6. The summed E-state index contributed by atoms with van der Waals surface area (Å²) in [5, 5.41) is 49.1. The largest absolute Gasteiger partial charge is 0.477 e. The van der Waals surface area contributed by atoms with Gasteiger partial charge in [-0.05, 0) is 87.7 Å². The zero-order valence-electron chi connectivity index (χ0n) is 29.9. The maximum Gasteiger partial charge on any atom is 0.341 e. The van der Waals surface area contributed by atoms with E-state index in [0.29, 0.717) is 38.6 Å². The Kier molecular flexibility index (Phi) is 9.82. The Morgan fingerprint density at radius 1 is 1.13 bits per heavy atom. The number of ketones is 2. The monoisotopic (exact) mass is 747 g/mol. The highest BCUT2D eigenvalue weighted by atomic mass is 35.5. The second kappa shape index (κ2) is 13.3. The number of carboxylic acid groups (broad SMARTS) is 1. The first-order chi connectivity index (χ1) is 24.0. The summed E-state index contributed by atoms with van der Waals surface area (Å²) in [6, 6.07) is 0.710. The molecule has 2 unspecified atom stereocenters. The molecule has 1 saturated heterocycles. The van der Waals surface area contributed by atoms with Crippen molar-refractivity contribution >= 4 is 46.5 Å². The lowest BCUT2D eigenvalue weighted by Gasteiger charge is -2.60. The standard InChI is InChI=1S/C38H47F2N3O8.ClH/c1-5-43-29-22(15-24(39)30(28(29)40)42-13-12-41-18(2)17-42)32(46)26(35(49)50)31(43)33(47)34(48)38(51)11-9-23-21-7-6-19-14-20(44)8-10-36(19,3)27(21)25(45)16-37(23,38)4;/h14-15,18,21,23,25,27,33,41,45,47,51H,5-13,16-17H2,1-4H3,(H,49,50);1H/t18?,21-,23-,25-,27+,33?,36-,37-,38-;/m0./s1. The van der Waals surface area contributed by atoms with Crippen molar-refractivity contribution in [2.45, 2.75) is 103 Å². The van der Waals surface area contributed by atoms with E-state index in [4.69, 9.17) is 0 Å². The molecule has 9 atom stereocenters. The Hall–Kier alpha value is -3.23. The molecule has 14 heteroatoms. The van der Waals surface area contributed by atoms with Crippen LogP contribution in [0, 0.1) is 40.2 Å². The lowest BCUT2D eigenvalue weighted by Crippen LogP contribution is -2.62. The van der Waals surface area contributed by atoms with Crippen LogP contribution in [0.25, 0.3) is 10.9 Å². The second-order valence-corrected chi connectivity index (χ2v) is 16.1. The Bertz CT molecular complexity index is 1950. The predicted molar refractivity (Wildman–Crippen MR) is 191 cm³/mol. The summed E-state index contributed by atoms with van der Waals surface area (Å²) < 4.78 is 33.2. The number of nitrogens with one attached hydrogen (secondary N) is 1. The van der Waals surface area contributed by atoms with Gasteiger partial charge in [-0.3, -0.25) is 14.4 Å². The van der Waals surface area contributed by atoms with Crippen molar-refractivity contribution in [3.8, 4) is 0 Å². The molecule has 4 fully saturated rings.